The molecule has 0 aliphatic heterocycles. The Morgan fingerprint density at radius 3 is 1.43 bits per heavy atom. The van der Waals surface area contributed by atoms with Crippen LogP contribution in [0.15, 0.2) is 261 Å². The maximum absolute atomic E-state index is 4.61. The SMILES string of the molecule is C=C(c1ccccc1)c1ccc(-c2cccc(-c3ccc4c(c3)C(c3ccccc3)(c3ccccc3)c3cc(C(c5ccccc5)c5ccccc5)ccc3-4)c2)cc1-c1ccccc1C. The second kappa shape index (κ2) is 16.9. The highest BCUT2D eigenvalue weighted by Gasteiger charge is 2.46. The van der Waals surface area contributed by atoms with Crippen LogP contribution in [0.1, 0.15) is 61.6 Å². The molecule has 0 unspecified atom stereocenters. The van der Waals surface area contributed by atoms with E-state index in [9.17, 15) is 0 Å². The summed E-state index contributed by atoms with van der Waals surface area (Å²) in [5, 5.41) is 0. The van der Waals surface area contributed by atoms with Crippen molar-refractivity contribution >= 4 is 5.57 Å². The molecule has 0 heteroatoms. The first kappa shape index (κ1) is 39.8. The molecule has 0 aromatic heterocycles. The quantitative estimate of drug-likeness (QED) is 0.121. The standard InChI is InChI=1S/C65H48/c1-45-21-18-19-34-57(45)61-42-52(35-38-58(61)46(2)47-22-8-3-9-23-47)50-28-20-29-51(41-50)53-36-39-59-60-40-37-54(64(48-24-10-4-11-25-48)49-26-12-5-13-27-49)44-63(60)65(62(59)43-53,55-30-14-6-15-31-55)56-32-16-7-17-33-56/h3-44,64H,2H2,1H3. The van der Waals surface area contributed by atoms with Crippen molar-refractivity contribution in [2.75, 3.05) is 0 Å². The van der Waals surface area contributed by atoms with Crippen LogP contribution in [-0.4, -0.2) is 0 Å². The molecule has 11 rings (SSSR count). The third kappa shape index (κ3) is 7.05. The predicted octanol–water partition coefficient (Wildman–Crippen LogP) is 16.6. The van der Waals surface area contributed by atoms with Gasteiger partial charge in [0, 0.05) is 5.92 Å². The van der Waals surface area contributed by atoms with Crippen molar-refractivity contribution in [2.24, 2.45) is 0 Å². The lowest BCUT2D eigenvalue weighted by Gasteiger charge is -2.34. The first-order valence-corrected chi connectivity index (χ1v) is 22.6. The molecule has 308 valence electrons. The van der Waals surface area contributed by atoms with Crippen LogP contribution in [0.4, 0.5) is 0 Å². The number of hydrogen-bond donors (Lipinski definition) is 0. The van der Waals surface area contributed by atoms with Gasteiger partial charge in [-0.3, -0.25) is 0 Å². The van der Waals surface area contributed by atoms with Crippen molar-refractivity contribution in [3.63, 3.8) is 0 Å². The van der Waals surface area contributed by atoms with Crippen LogP contribution in [0.2, 0.25) is 0 Å². The van der Waals surface area contributed by atoms with Crippen LogP contribution in [0.3, 0.4) is 0 Å². The summed E-state index contributed by atoms with van der Waals surface area (Å²) >= 11 is 0. The zero-order valence-corrected chi connectivity index (χ0v) is 36.5. The highest BCUT2D eigenvalue weighted by atomic mass is 14.5. The Kier molecular flexibility index (Phi) is 10.3. The van der Waals surface area contributed by atoms with E-state index in [-0.39, 0.29) is 5.92 Å². The average molecular weight is 829 g/mol. The van der Waals surface area contributed by atoms with E-state index >= 15 is 0 Å². The molecule has 10 aromatic rings. The Morgan fingerprint density at radius 1 is 0.354 bits per heavy atom. The summed E-state index contributed by atoms with van der Waals surface area (Å²) < 4.78 is 0. The van der Waals surface area contributed by atoms with Crippen molar-refractivity contribution in [3.8, 4) is 44.5 Å². The molecular formula is C65H48. The van der Waals surface area contributed by atoms with Gasteiger partial charge >= 0.3 is 0 Å². The van der Waals surface area contributed by atoms with E-state index in [0.717, 1.165) is 16.7 Å². The second-order valence-electron chi connectivity index (χ2n) is 17.3. The molecule has 0 N–H and O–H groups in total. The molecule has 1 aliphatic carbocycles. The Hall–Kier alpha value is -8.06. The van der Waals surface area contributed by atoms with Gasteiger partial charge in [0.2, 0.25) is 0 Å². The molecule has 0 radical (unpaired) electrons. The first-order valence-electron chi connectivity index (χ1n) is 22.6. The van der Waals surface area contributed by atoms with E-state index in [0.29, 0.717) is 0 Å². The third-order valence-electron chi connectivity index (χ3n) is 13.6. The first-order chi connectivity index (χ1) is 32.1. The van der Waals surface area contributed by atoms with Gasteiger partial charge in [-0.2, -0.15) is 0 Å². The van der Waals surface area contributed by atoms with E-state index in [1.165, 1.54) is 89.0 Å². The molecule has 0 heterocycles. The summed E-state index contributed by atoms with van der Waals surface area (Å²) in [6.45, 7) is 6.80. The van der Waals surface area contributed by atoms with E-state index in [1.54, 1.807) is 0 Å². The lowest BCUT2D eigenvalue weighted by atomic mass is 9.67. The minimum absolute atomic E-state index is 0.0748. The van der Waals surface area contributed by atoms with E-state index in [1.807, 2.05) is 0 Å². The van der Waals surface area contributed by atoms with Crippen LogP contribution in [-0.2, 0) is 5.41 Å². The normalized spacial score (nSPS) is 12.4. The number of hydrogen-bond acceptors (Lipinski definition) is 0. The minimum atomic E-state index is -0.561. The largest absolute Gasteiger partial charge is 0.0905 e. The van der Waals surface area contributed by atoms with Gasteiger partial charge in [0.25, 0.3) is 0 Å². The lowest BCUT2D eigenvalue weighted by molar-refractivity contribution is 0.765. The summed E-state index contributed by atoms with van der Waals surface area (Å²) in [5.41, 5.74) is 22.6. The Bertz CT molecular complexity index is 3230. The Labute approximate surface area is 383 Å². The molecule has 10 aromatic carbocycles. The average Bonchev–Trinajstić information content (AvgIpc) is 3.67. The third-order valence-corrected chi connectivity index (χ3v) is 13.6. The lowest BCUT2D eigenvalue weighted by Crippen LogP contribution is -2.28. The molecule has 0 spiro atoms. The number of benzene rings is 10. The summed E-state index contributed by atoms with van der Waals surface area (Å²) in [6, 6.07) is 93.8. The zero-order chi connectivity index (χ0) is 43.7. The van der Waals surface area contributed by atoms with Crippen LogP contribution in [0, 0.1) is 6.92 Å². The summed E-state index contributed by atoms with van der Waals surface area (Å²) in [5.74, 6) is 0.0748. The fourth-order valence-corrected chi connectivity index (χ4v) is 10.5. The van der Waals surface area contributed by atoms with Crippen molar-refractivity contribution in [2.45, 2.75) is 18.3 Å². The van der Waals surface area contributed by atoms with Crippen LogP contribution < -0.4 is 0 Å². The molecule has 0 fully saturated rings. The van der Waals surface area contributed by atoms with E-state index in [4.69, 9.17) is 0 Å². The van der Waals surface area contributed by atoms with Gasteiger partial charge in [-0.25, -0.2) is 0 Å². The van der Waals surface area contributed by atoms with Gasteiger partial charge < -0.3 is 0 Å². The molecule has 65 heavy (non-hydrogen) atoms. The summed E-state index contributed by atoms with van der Waals surface area (Å²) in [4.78, 5) is 0. The topological polar surface area (TPSA) is 0 Å². The van der Waals surface area contributed by atoms with E-state index < -0.39 is 5.41 Å². The molecule has 0 saturated carbocycles. The van der Waals surface area contributed by atoms with Gasteiger partial charge in [-0.15, -0.1) is 0 Å². The number of aryl methyl sites for hydroxylation is 1. The highest BCUT2D eigenvalue weighted by Crippen LogP contribution is 2.57. The fraction of sp³-hybridized carbons (Fsp3) is 0.0462. The monoisotopic (exact) mass is 828 g/mol. The Balaban J connectivity index is 1.08. The predicted molar refractivity (Wildman–Crippen MR) is 273 cm³/mol. The number of fused-ring (bicyclic) bond motifs is 3. The summed E-state index contributed by atoms with van der Waals surface area (Å²) in [6.07, 6.45) is 0. The van der Waals surface area contributed by atoms with Gasteiger partial charge in [0.15, 0.2) is 0 Å². The second-order valence-corrected chi connectivity index (χ2v) is 17.3. The van der Waals surface area contributed by atoms with E-state index in [2.05, 4.69) is 268 Å². The van der Waals surface area contributed by atoms with Crippen LogP contribution >= 0.6 is 0 Å². The van der Waals surface area contributed by atoms with Crippen molar-refractivity contribution < 1.29 is 0 Å². The zero-order valence-electron chi connectivity index (χ0n) is 36.5. The van der Waals surface area contributed by atoms with Crippen molar-refractivity contribution in [1.82, 2.24) is 0 Å². The molecule has 0 saturated heterocycles. The molecule has 0 nitrogen and oxygen atoms in total. The fourth-order valence-electron chi connectivity index (χ4n) is 10.5. The van der Waals surface area contributed by atoms with Crippen LogP contribution in [0.25, 0.3) is 50.1 Å². The smallest absolute Gasteiger partial charge is 0.0713 e. The van der Waals surface area contributed by atoms with Crippen molar-refractivity contribution in [1.29, 1.82) is 0 Å². The summed E-state index contributed by atoms with van der Waals surface area (Å²) in [7, 11) is 0. The Morgan fingerprint density at radius 2 is 0.831 bits per heavy atom. The van der Waals surface area contributed by atoms with Crippen LogP contribution in [0.5, 0.6) is 0 Å². The minimum Gasteiger partial charge on any atom is -0.0905 e. The maximum atomic E-state index is 4.61. The van der Waals surface area contributed by atoms with Gasteiger partial charge in [-0.1, -0.05) is 243 Å². The maximum Gasteiger partial charge on any atom is 0.0713 e. The molecule has 1 aliphatic rings. The van der Waals surface area contributed by atoms with Gasteiger partial charge in [0.1, 0.15) is 0 Å². The molecular weight excluding hydrogens is 781 g/mol. The molecule has 0 atom stereocenters. The number of rotatable bonds is 10. The van der Waals surface area contributed by atoms with Crippen molar-refractivity contribution in [3.05, 3.63) is 317 Å². The van der Waals surface area contributed by atoms with Gasteiger partial charge in [-0.05, 0) is 131 Å². The highest BCUT2D eigenvalue weighted by molar-refractivity contribution is 5.92. The molecule has 0 amide bonds. The van der Waals surface area contributed by atoms with Gasteiger partial charge in [0.05, 0.1) is 5.41 Å². The molecule has 0 bridgehead atoms.